The van der Waals surface area contributed by atoms with E-state index >= 15 is 0 Å². The van der Waals surface area contributed by atoms with Crippen molar-refractivity contribution in [3.63, 3.8) is 0 Å². The summed E-state index contributed by atoms with van der Waals surface area (Å²) >= 11 is 0. The molecule has 1 fully saturated rings. The smallest absolute Gasteiger partial charge is 0.101 e. The van der Waals surface area contributed by atoms with E-state index in [1.165, 1.54) is 0 Å². The van der Waals surface area contributed by atoms with E-state index in [0.29, 0.717) is 5.92 Å². The van der Waals surface area contributed by atoms with Crippen LogP contribution in [0.1, 0.15) is 26.7 Å². The number of hydrogen-bond donors (Lipinski definition) is 2. The Hall–Kier alpha value is -0.340. The highest BCUT2D eigenvalue weighted by Gasteiger charge is 2.34. The Morgan fingerprint density at radius 2 is 2.00 bits per heavy atom. The highest BCUT2D eigenvalue weighted by atomic mass is 16.3. The SMILES string of the molecule is C=C1CC[C@@H](C(C)C)[C@H](O)[C@H]1O. The van der Waals surface area contributed by atoms with Crippen LogP contribution in [0.5, 0.6) is 0 Å². The molecule has 3 atom stereocenters. The lowest BCUT2D eigenvalue weighted by atomic mass is 9.76. The zero-order valence-electron chi connectivity index (χ0n) is 7.83. The molecule has 0 bridgehead atoms. The van der Waals surface area contributed by atoms with Crippen molar-refractivity contribution in [1.29, 1.82) is 0 Å². The van der Waals surface area contributed by atoms with Gasteiger partial charge in [-0.2, -0.15) is 0 Å². The van der Waals surface area contributed by atoms with Crippen LogP contribution in [-0.2, 0) is 0 Å². The molecule has 0 saturated heterocycles. The first-order valence-electron chi connectivity index (χ1n) is 4.58. The van der Waals surface area contributed by atoms with Crippen molar-refractivity contribution in [3.8, 4) is 0 Å². The van der Waals surface area contributed by atoms with E-state index in [0.717, 1.165) is 18.4 Å². The molecule has 1 aliphatic carbocycles. The number of rotatable bonds is 1. The van der Waals surface area contributed by atoms with Gasteiger partial charge >= 0.3 is 0 Å². The fourth-order valence-electron chi connectivity index (χ4n) is 1.87. The molecule has 2 heteroatoms. The molecule has 0 unspecified atom stereocenters. The lowest BCUT2D eigenvalue weighted by Crippen LogP contribution is -2.40. The molecule has 12 heavy (non-hydrogen) atoms. The summed E-state index contributed by atoms with van der Waals surface area (Å²) in [7, 11) is 0. The van der Waals surface area contributed by atoms with Crippen molar-refractivity contribution < 1.29 is 10.2 Å². The van der Waals surface area contributed by atoms with Crippen LogP contribution >= 0.6 is 0 Å². The molecule has 2 N–H and O–H groups in total. The Morgan fingerprint density at radius 3 is 2.50 bits per heavy atom. The average molecular weight is 170 g/mol. The lowest BCUT2D eigenvalue weighted by Gasteiger charge is -2.35. The van der Waals surface area contributed by atoms with Crippen LogP contribution in [-0.4, -0.2) is 22.4 Å². The summed E-state index contributed by atoms with van der Waals surface area (Å²) in [6.45, 7) is 7.89. The molecule has 70 valence electrons. The molecule has 0 spiro atoms. The van der Waals surface area contributed by atoms with Crippen LogP contribution in [0.15, 0.2) is 12.2 Å². The summed E-state index contributed by atoms with van der Waals surface area (Å²) in [5.41, 5.74) is 0.777. The molecule has 1 aliphatic rings. The maximum atomic E-state index is 9.67. The van der Waals surface area contributed by atoms with Gasteiger partial charge in [-0.1, -0.05) is 20.4 Å². The van der Waals surface area contributed by atoms with Crippen LogP contribution in [0.3, 0.4) is 0 Å². The van der Waals surface area contributed by atoms with Gasteiger partial charge in [0.15, 0.2) is 0 Å². The maximum Gasteiger partial charge on any atom is 0.101 e. The van der Waals surface area contributed by atoms with Crippen LogP contribution in [0.2, 0.25) is 0 Å². The fraction of sp³-hybridized carbons (Fsp3) is 0.800. The van der Waals surface area contributed by atoms with Gasteiger partial charge < -0.3 is 10.2 Å². The zero-order chi connectivity index (χ0) is 9.30. The molecule has 0 heterocycles. The monoisotopic (exact) mass is 170 g/mol. The Labute approximate surface area is 73.9 Å². The minimum atomic E-state index is -0.703. The standard InChI is InChI=1S/C10H18O2/c1-6(2)8-5-4-7(3)9(11)10(8)12/h6,8-12H,3-5H2,1-2H3/t8-,9-,10-/m0/s1. The van der Waals surface area contributed by atoms with Crippen molar-refractivity contribution in [3.05, 3.63) is 12.2 Å². The number of aliphatic hydroxyl groups excluding tert-OH is 2. The van der Waals surface area contributed by atoms with Crippen LogP contribution in [0, 0.1) is 11.8 Å². The van der Waals surface area contributed by atoms with E-state index in [1.54, 1.807) is 0 Å². The molecule has 0 aromatic rings. The van der Waals surface area contributed by atoms with Crippen molar-refractivity contribution >= 4 is 0 Å². The van der Waals surface area contributed by atoms with Gasteiger partial charge in [-0.25, -0.2) is 0 Å². The summed E-state index contributed by atoms with van der Waals surface area (Å²) in [6.07, 6.45) is 0.493. The second kappa shape index (κ2) is 3.58. The van der Waals surface area contributed by atoms with Crippen LogP contribution in [0.4, 0.5) is 0 Å². The predicted octanol–water partition coefficient (Wildman–Crippen LogP) is 1.33. The molecule has 1 rings (SSSR count). The summed E-state index contributed by atoms with van der Waals surface area (Å²) in [6, 6.07) is 0. The Balaban J connectivity index is 2.65. The largest absolute Gasteiger partial charge is 0.390 e. The van der Waals surface area contributed by atoms with Gasteiger partial charge in [-0.15, -0.1) is 0 Å². The van der Waals surface area contributed by atoms with E-state index in [2.05, 4.69) is 20.4 Å². The van der Waals surface area contributed by atoms with Crippen molar-refractivity contribution in [2.45, 2.75) is 38.9 Å². The van der Waals surface area contributed by atoms with Gasteiger partial charge in [-0.3, -0.25) is 0 Å². The molecular formula is C10H18O2. The summed E-state index contributed by atoms with van der Waals surface area (Å²) < 4.78 is 0. The number of hydrogen-bond acceptors (Lipinski definition) is 2. The molecule has 0 amide bonds. The molecule has 1 saturated carbocycles. The van der Waals surface area contributed by atoms with Crippen molar-refractivity contribution in [2.24, 2.45) is 11.8 Å². The second-order valence-corrected chi connectivity index (χ2v) is 4.04. The van der Waals surface area contributed by atoms with Crippen LogP contribution in [0.25, 0.3) is 0 Å². The minimum Gasteiger partial charge on any atom is -0.390 e. The van der Waals surface area contributed by atoms with E-state index in [4.69, 9.17) is 0 Å². The third kappa shape index (κ3) is 1.70. The highest BCUT2D eigenvalue weighted by Crippen LogP contribution is 2.32. The number of aliphatic hydroxyl groups is 2. The topological polar surface area (TPSA) is 40.5 Å². The predicted molar refractivity (Wildman–Crippen MR) is 48.7 cm³/mol. The Bertz CT molecular complexity index is 175. The van der Waals surface area contributed by atoms with E-state index in [9.17, 15) is 10.2 Å². The van der Waals surface area contributed by atoms with Crippen molar-refractivity contribution in [2.75, 3.05) is 0 Å². The zero-order valence-corrected chi connectivity index (χ0v) is 7.83. The first kappa shape index (κ1) is 9.75. The van der Waals surface area contributed by atoms with E-state index in [1.807, 2.05) is 0 Å². The van der Waals surface area contributed by atoms with Crippen molar-refractivity contribution in [1.82, 2.24) is 0 Å². The van der Waals surface area contributed by atoms with Gasteiger partial charge in [0.05, 0.1) is 6.10 Å². The molecule has 0 aromatic carbocycles. The minimum absolute atomic E-state index is 0.227. The summed E-state index contributed by atoms with van der Waals surface area (Å²) in [5, 5.41) is 19.2. The molecule has 0 radical (unpaired) electrons. The van der Waals surface area contributed by atoms with E-state index < -0.39 is 12.2 Å². The second-order valence-electron chi connectivity index (χ2n) is 4.04. The quantitative estimate of drug-likeness (QED) is 0.583. The molecule has 0 aliphatic heterocycles. The molecule has 2 nitrogen and oxygen atoms in total. The van der Waals surface area contributed by atoms with Crippen LogP contribution < -0.4 is 0 Å². The van der Waals surface area contributed by atoms with Gasteiger partial charge in [0, 0.05) is 0 Å². The molecular weight excluding hydrogens is 152 g/mol. The first-order chi connectivity index (χ1) is 5.54. The average Bonchev–Trinajstić information content (AvgIpc) is 2.00. The van der Waals surface area contributed by atoms with Gasteiger partial charge in [0.25, 0.3) is 0 Å². The summed E-state index contributed by atoms with van der Waals surface area (Å²) in [5.74, 6) is 0.660. The Morgan fingerprint density at radius 1 is 1.42 bits per heavy atom. The Kier molecular flexibility index (Phi) is 2.91. The molecule has 0 aromatic heterocycles. The fourth-order valence-corrected chi connectivity index (χ4v) is 1.87. The lowest BCUT2D eigenvalue weighted by molar-refractivity contribution is -0.0308. The van der Waals surface area contributed by atoms with Gasteiger partial charge in [0.2, 0.25) is 0 Å². The summed E-state index contributed by atoms with van der Waals surface area (Å²) in [4.78, 5) is 0. The first-order valence-corrected chi connectivity index (χ1v) is 4.58. The van der Waals surface area contributed by atoms with Gasteiger partial charge in [-0.05, 0) is 30.3 Å². The van der Waals surface area contributed by atoms with E-state index in [-0.39, 0.29) is 5.92 Å². The third-order valence-corrected chi connectivity index (χ3v) is 2.84. The third-order valence-electron chi connectivity index (χ3n) is 2.84. The highest BCUT2D eigenvalue weighted by molar-refractivity contribution is 5.09. The maximum absolute atomic E-state index is 9.67. The normalized spacial score (nSPS) is 37.4. The van der Waals surface area contributed by atoms with Gasteiger partial charge in [0.1, 0.15) is 6.10 Å².